The first-order chi connectivity index (χ1) is 14.1. The predicted octanol–water partition coefficient (Wildman–Crippen LogP) is 5.68. The van der Waals surface area contributed by atoms with Crippen LogP contribution in [0.25, 0.3) is 0 Å². The minimum atomic E-state index is -0.551. The molecule has 3 rings (SSSR count). The van der Waals surface area contributed by atoms with Crippen LogP contribution in [0.5, 0.6) is 11.5 Å². The number of hydrogen-bond donors (Lipinski definition) is 1. The maximum Gasteiger partial charge on any atom is 0.265 e. The number of carbonyl (C=O) groups is 1. The Morgan fingerprint density at radius 1 is 0.931 bits per heavy atom. The number of carbonyl (C=O) groups excluding carboxylic acids is 1. The van der Waals surface area contributed by atoms with Crippen molar-refractivity contribution in [2.24, 2.45) is 0 Å². The van der Waals surface area contributed by atoms with Gasteiger partial charge in [0.2, 0.25) is 0 Å². The Labute approximate surface area is 172 Å². The van der Waals surface area contributed by atoms with Crippen LogP contribution >= 0.6 is 0 Å². The zero-order valence-electron chi connectivity index (χ0n) is 17.1. The van der Waals surface area contributed by atoms with E-state index in [1.165, 1.54) is 0 Å². The van der Waals surface area contributed by atoms with Gasteiger partial charge in [-0.05, 0) is 67.3 Å². The lowest BCUT2D eigenvalue weighted by Crippen LogP contribution is -2.32. The van der Waals surface area contributed by atoms with Gasteiger partial charge in [-0.2, -0.15) is 0 Å². The van der Waals surface area contributed by atoms with Crippen molar-refractivity contribution in [2.45, 2.75) is 39.9 Å². The van der Waals surface area contributed by atoms with E-state index in [2.05, 4.69) is 5.32 Å². The minimum absolute atomic E-state index is 0.161. The fourth-order valence-corrected chi connectivity index (χ4v) is 2.93. The molecule has 4 heteroatoms. The molecule has 0 spiro atoms. The zero-order valence-corrected chi connectivity index (χ0v) is 17.1. The van der Waals surface area contributed by atoms with Crippen molar-refractivity contribution < 1.29 is 14.3 Å². The van der Waals surface area contributed by atoms with Gasteiger partial charge < -0.3 is 14.8 Å². The molecule has 3 aromatic rings. The van der Waals surface area contributed by atoms with E-state index >= 15 is 0 Å². The lowest BCUT2D eigenvalue weighted by molar-refractivity contribution is -0.122. The monoisotopic (exact) mass is 389 g/mol. The largest absolute Gasteiger partial charge is 0.489 e. The standard InChI is InChI=1S/C25H27NO3/c1-4-23(29-24-12-8-9-18(2)19(24)3)25(27)26-21-13-15-22(16-14-21)28-17-20-10-6-5-7-11-20/h5-16,23H,4,17H2,1-3H3,(H,26,27)/t23-/m1/s1. The number of anilines is 1. The van der Waals surface area contributed by atoms with Crippen molar-refractivity contribution in [2.75, 3.05) is 5.32 Å². The van der Waals surface area contributed by atoms with Gasteiger partial charge in [0.05, 0.1) is 0 Å². The number of ether oxygens (including phenoxy) is 2. The molecule has 0 bridgehead atoms. The first kappa shape index (κ1) is 20.5. The van der Waals surface area contributed by atoms with E-state index in [9.17, 15) is 4.79 Å². The number of amides is 1. The van der Waals surface area contributed by atoms with E-state index in [0.717, 1.165) is 28.2 Å². The van der Waals surface area contributed by atoms with E-state index < -0.39 is 6.10 Å². The van der Waals surface area contributed by atoms with Crippen molar-refractivity contribution in [1.82, 2.24) is 0 Å². The van der Waals surface area contributed by atoms with Crippen LogP contribution in [0.3, 0.4) is 0 Å². The van der Waals surface area contributed by atoms with Gasteiger partial charge in [-0.3, -0.25) is 4.79 Å². The quantitative estimate of drug-likeness (QED) is 0.539. The topological polar surface area (TPSA) is 47.6 Å². The van der Waals surface area contributed by atoms with E-state index in [1.807, 2.05) is 93.6 Å². The SMILES string of the molecule is CC[C@@H](Oc1cccc(C)c1C)C(=O)Nc1ccc(OCc2ccccc2)cc1. The number of hydrogen-bond acceptors (Lipinski definition) is 3. The molecule has 3 aromatic carbocycles. The lowest BCUT2D eigenvalue weighted by Gasteiger charge is -2.19. The number of nitrogens with one attached hydrogen (secondary N) is 1. The van der Waals surface area contributed by atoms with Crippen LogP contribution < -0.4 is 14.8 Å². The summed E-state index contributed by atoms with van der Waals surface area (Å²) < 4.78 is 11.8. The summed E-state index contributed by atoms with van der Waals surface area (Å²) in [6.07, 6.45) is 0.0295. The van der Waals surface area contributed by atoms with Crippen LogP contribution in [0.15, 0.2) is 72.8 Å². The van der Waals surface area contributed by atoms with Gasteiger partial charge in [0, 0.05) is 5.69 Å². The van der Waals surface area contributed by atoms with Gasteiger partial charge in [0.15, 0.2) is 6.10 Å². The summed E-state index contributed by atoms with van der Waals surface area (Å²) in [6, 6.07) is 23.3. The summed E-state index contributed by atoms with van der Waals surface area (Å²) in [7, 11) is 0. The van der Waals surface area contributed by atoms with Gasteiger partial charge in [0.25, 0.3) is 5.91 Å². The number of benzene rings is 3. The molecule has 1 N–H and O–H groups in total. The Kier molecular flexibility index (Phi) is 6.90. The van der Waals surface area contributed by atoms with Gasteiger partial charge in [-0.15, -0.1) is 0 Å². The molecule has 0 aromatic heterocycles. The summed E-state index contributed by atoms with van der Waals surface area (Å²) in [6.45, 7) is 6.48. The third kappa shape index (κ3) is 5.61. The van der Waals surface area contributed by atoms with E-state index in [-0.39, 0.29) is 5.91 Å². The second kappa shape index (κ2) is 9.78. The molecule has 0 fully saturated rings. The lowest BCUT2D eigenvalue weighted by atomic mass is 10.1. The Bertz CT molecular complexity index is 936. The van der Waals surface area contributed by atoms with Crippen LogP contribution in [0.4, 0.5) is 5.69 Å². The van der Waals surface area contributed by atoms with Gasteiger partial charge >= 0.3 is 0 Å². The van der Waals surface area contributed by atoms with Crippen molar-refractivity contribution in [3.63, 3.8) is 0 Å². The third-order valence-corrected chi connectivity index (χ3v) is 4.86. The molecule has 150 valence electrons. The summed E-state index contributed by atoms with van der Waals surface area (Å²) in [5.74, 6) is 1.34. The van der Waals surface area contributed by atoms with E-state index in [4.69, 9.17) is 9.47 Å². The Balaban J connectivity index is 1.58. The van der Waals surface area contributed by atoms with Crippen molar-refractivity contribution in [3.05, 3.63) is 89.5 Å². The highest BCUT2D eigenvalue weighted by Crippen LogP contribution is 2.23. The zero-order chi connectivity index (χ0) is 20.6. The maximum absolute atomic E-state index is 12.7. The number of aryl methyl sites for hydroxylation is 1. The summed E-state index contributed by atoms with van der Waals surface area (Å²) in [5.41, 5.74) is 4.02. The highest BCUT2D eigenvalue weighted by Gasteiger charge is 2.19. The van der Waals surface area contributed by atoms with Gasteiger partial charge in [-0.25, -0.2) is 0 Å². The third-order valence-electron chi connectivity index (χ3n) is 4.86. The molecular formula is C25H27NO3. The van der Waals surface area contributed by atoms with Crippen molar-refractivity contribution >= 4 is 11.6 Å². The summed E-state index contributed by atoms with van der Waals surface area (Å²) in [4.78, 5) is 12.7. The second-order valence-electron chi connectivity index (χ2n) is 7.00. The molecule has 1 amide bonds. The van der Waals surface area contributed by atoms with Gasteiger partial charge in [-0.1, -0.05) is 49.4 Å². The molecular weight excluding hydrogens is 362 g/mol. The van der Waals surface area contributed by atoms with Crippen LogP contribution in [-0.4, -0.2) is 12.0 Å². The molecule has 1 atom stereocenters. The first-order valence-electron chi connectivity index (χ1n) is 9.87. The molecule has 0 radical (unpaired) electrons. The van der Waals surface area contributed by atoms with Crippen LogP contribution in [0.2, 0.25) is 0 Å². The van der Waals surface area contributed by atoms with Gasteiger partial charge in [0.1, 0.15) is 18.1 Å². The molecule has 29 heavy (non-hydrogen) atoms. The Hall–Kier alpha value is -3.27. The second-order valence-corrected chi connectivity index (χ2v) is 7.00. The molecule has 0 aliphatic carbocycles. The molecule has 0 unspecified atom stereocenters. The van der Waals surface area contributed by atoms with E-state index in [0.29, 0.717) is 18.7 Å². The van der Waals surface area contributed by atoms with Crippen LogP contribution in [-0.2, 0) is 11.4 Å². The molecule has 4 nitrogen and oxygen atoms in total. The van der Waals surface area contributed by atoms with Crippen molar-refractivity contribution in [1.29, 1.82) is 0 Å². The minimum Gasteiger partial charge on any atom is -0.489 e. The highest BCUT2D eigenvalue weighted by molar-refractivity contribution is 5.94. The molecule has 0 saturated carbocycles. The number of rotatable bonds is 8. The Morgan fingerprint density at radius 2 is 1.66 bits per heavy atom. The Morgan fingerprint density at radius 3 is 2.34 bits per heavy atom. The highest BCUT2D eigenvalue weighted by atomic mass is 16.5. The fourth-order valence-electron chi connectivity index (χ4n) is 2.93. The average molecular weight is 389 g/mol. The van der Waals surface area contributed by atoms with Crippen molar-refractivity contribution in [3.8, 4) is 11.5 Å². The first-order valence-corrected chi connectivity index (χ1v) is 9.87. The normalized spacial score (nSPS) is 11.6. The molecule has 0 heterocycles. The van der Waals surface area contributed by atoms with E-state index in [1.54, 1.807) is 0 Å². The predicted molar refractivity (Wildman–Crippen MR) is 116 cm³/mol. The summed E-state index contributed by atoms with van der Waals surface area (Å²) >= 11 is 0. The smallest absolute Gasteiger partial charge is 0.265 e. The van der Waals surface area contributed by atoms with Crippen LogP contribution in [0, 0.1) is 13.8 Å². The molecule has 0 aliphatic heterocycles. The molecule has 0 saturated heterocycles. The maximum atomic E-state index is 12.7. The van der Waals surface area contributed by atoms with Crippen LogP contribution in [0.1, 0.15) is 30.0 Å². The molecule has 0 aliphatic rings. The summed E-state index contributed by atoms with van der Waals surface area (Å²) in [5, 5.41) is 2.93. The average Bonchev–Trinajstić information content (AvgIpc) is 2.75. The fraction of sp³-hybridized carbons (Fsp3) is 0.240.